The van der Waals surface area contributed by atoms with Crippen molar-refractivity contribution in [2.75, 3.05) is 6.61 Å². The molecule has 0 aliphatic carbocycles. The second-order valence-electron chi connectivity index (χ2n) is 10.3. The number of carbonyl (C=O) groups excluding carboxylic acids is 1. The molecule has 0 saturated carbocycles. The third kappa shape index (κ3) is 24.1. The van der Waals surface area contributed by atoms with E-state index in [2.05, 4.69) is 13.8 Å². The minimum atomic E-state index is -0.782. The molecule has 4 nitrogen and oxygen atoms in total. The quantitative estimate of drug-likeness (QED) is 0.0934. The molecule has 0 bridgehead atoms. The van der Waals surface area contributed by atoms with Crippen LogP contribution < -0.4 is 0 Å². The van der Waals surface area contributed by atoms with Crippen molar-refractivity contribution >= 4 is 11.9 Å². The smallest absolute Gasteiger partial charge is 0.308 e. The molecular weight excluding hydrogens is 424 g/mol. The average Bonchev–Trinajstić information content (AvgIpc) is 2.82. The molecule has 0 aromatic carbocycles. The normalized spacial score (nSPS) is 12.1. The van der Waals surface area contributed by atoms with Gasteiger partial charge in [-0.05, 0) is 25.7 Å². The first-order chi connectivity index (χ1) is 16.6. The van der Waals surface area contributed by atoms with E-state index in [9.17, 15) is 9.59 Å². The number of carboxylic acids is 1. The molecule has 0 aliphatic heterocycles. The van der Waals surface area contributed by atoms with Crippen LogP contribution in [0, 0.1) is 5.92 Å². The fourth-order valence-corrected chi connectivity index (χ4v) is 4.64. The Kier molecular flexibility index (Phi) is 25.7. The third-order valence-electron chi connectivity index (χ3n) is 6.92. The van der Waals surface area contributed by atoms with Crippen molar-refractivity contribution < 1.29 is 19.4 Å². The van der Waals surface area contributed by atoms with E-state index >= 15 is 0 Å². The molecule has 0 aromatic heterocycles. The monoisotopic (exact) mass is 482 g/mol. The molecule has 0 rings (SSSR count). The van der Waals surface area contributed by atoms with Gasteiger partial charge in [0.25, 0.3) is 0 Å². The Labute approximate surface area is 212 Å². The Morgan fingerprint density at radius 1 is 0.559 bits per heavy atom. The molecule has 0 spiro atoms. The van der Waals surface area contributed by atoms with E-state index in [1.54, 1.807) is 0 Å². The van der Waals surface area contributed by atoms with Crippen molar-refractivity contribution in [3.63, 3.8) is 0 Å². The van der Waals surface area contributed by atoms with Crippen molar-refractivity contribution in [1.29, 1.82) is 0 Å². The summed E-state index contributed by atoms with van der Waals surface area (Å²) in [4.78, 5) is 23.4. The van der Waals surface area contributed by atoms with Crippen LogP contribution in [0.15, 0.2) is 0 Å². The number of rotatable bonds is 27. The highest BCUT2D eigenvalue weighted by Crippen LogP contribution is 2.20. The zero-order chi connectivity index (χ0) is 25.1. The molecule has 4 heteroatoms. The summed E-state index contributed by atoms with van der Waals surface area (Å²) in [6.45, 7) is 5.00. The van der Waals surface area contributed by atoms with Crippen LogP contribution in [0.3, 0.4) is 0 Å². The minimum Gasteiger partial charge on any atom is -0.481 e. The van der Waals surface area contributed by atoms with Gasteiger partial charge in [0.1, 0.15) is 0 Å². The van der Waals surface area contributed by atoms with Gasteiger partial charge in [-0.15, -0.1) is 0 Å². The van der Waals surface area contributed by atoms with E-state index in [4.69, 9.17) is 9.84 Å². The van der Waals surface area contributed by atoms with E-state index in [0.717, 1.165) is 32.1 Å². The molecule has 0 saturated heterocycles. The van der Waals surface area contributed by atoms with Crippen LogP contribution in [0.25, 0.3) is 0 Å². The topological polar surface area (TPSA) is 63.6 Å². The van der Waals surface area contributed by atoms with Crippen LogP contribution in [-0.4, -0.2) is 23.7 Å². The lowest BCUT2D eigenvalue weighted by Crippen LogP contribution is -2.19. The number of carbonyl (C=O) groups is 2. The van der Waals surface area contributed by atoms with E-state index in [0.29, 0.717) is 19.4 Å². The summed E-state index contributed by atoms with van der Waals surface area (Å²) in [7, 11) is 0. The number of unbranched alkanes of at least 4 members (excludes halogenated alkanes) is 18. The first-order valence-corrected chi connectivity index (χ1v) is 15.0. The summed E-state index contributed by atoms with van der Waals surface area (Å²) in [5, 5.41) is 8.92. The Hall–Kier alpha value is -1.06. The molecule has 1 N–H and O–H groups in total. The lowest BCUT2D eigenvalue weighted by molar-refractivity contribution is -0.149. The Balaban J connectivity index is 3.83. The largest absolute Gasteiger partial charge is 0.481 e. The molecule has 0 amide bonds. The molecule has 0 heterocycles. The molecule has 1 atom stereocenters. The highest BCUT2D eigenvalue weighted by atomic mass is 16.5. The molecule has 0 aromatic rings. The van der Waals surface area contributed by atoms with Gasteiger partial charge in [-0.3, -0.25) is 9.59 Å². The summed E-state index contributed by atoms with van der Waals surface area (Å²) in [6.07, 6.45) is 27.8. The summed E-state index contributed by atoms with van der Waals surface area (Å²) in [5.74, 6) is -1.01. The standard InChI is InChI=1S/C30H58O4/c1-3-5-7-9-11-12-13-14-15-16-17-18-19-21-24-28(25-23-26-29(31)32)30(33)34-27-22-20-10-8-6-4-2/h28H,3-27H2,1-2H3,(H,31,32). The van der Waals surface area contributed by atoms with E-state index < -0.39 is 5.97 Å². The van der Waals surface area contributed by atoms with Gasteiger partial charge < -0.3 is 9.84 Å². The van der Waals surface area contributed by atoms with Crippen LogP contribution in [-0.2, 0) is 14.3 Å². The van der Waals surface area contributed by atoms with Crippen LogP contribution >= 0.6 is 0 Å². The Morgan fingerprint density at radius 3 is 1.38 bits per heavy atom. The van der Waals surface area contributed by atoms with E-state index in [-0.39, 0.29) is 18.3 Å². The predicted octanol–water partition coefficient (Wildman–Crippen LogP) is 9.63. The van der Waals surface area contributed by atoms with Crippen molar-refractivity contribution in [3.05, 3.63) is 0 Å². The van der Waals surface area contributed by atoms with Crippen LogP contribution in [0.5, 0.6) is 0 Å². The van der Waals surface area contributed by atoms with Crippen LogP contribution in [0.2, 0.25) is 0 Å². The zero-order valence-corrected chi connectivity index (χ0v) is 22.9. The van der Waals surface area contributed by atoms with Gasteiger partial charge in [0.2, 0.25) is 0 Å². The summed E-state index contributed by atoms with van der Waals surface area (Å²) in [5.41, 5.74) is 0. The fraction of sp³-hybridized carbons (Fsp3) is 0.933. The second-order valence-corrected chi connectivity index (χ2v) is 10.3. The van der Waals surface area contributed by atoms with Crippen molar-refractivity contribution in [2.45, 2.75) is 168 Å². The van der Waals surface area contributed by atoms with Gasteiger partial charge >= 0.3 is 11.9 Å². The summed E-state index contributed by atoms with van der Waals surface area (Å²) in [6, 6.07) is 0. The molecule has 202 valence electrons. The van der Waals surface area contributed by atoms with Gasteiger partial charge in [-0.1, -0.05) is 136 Å². The maximum Gasteiger partial charge on any atom is 0.308 e. The SMILES string of the molecule is CCCCCCCCCCCCCCCCC(CCCC(=O)O)C(=O)OCCCCCCCC. The summed E-state index contributed by atoms with van der Waals surface area (Å²) >= 11 is 0. The van der Waals surface area contributed by atoms with Crippen LogP contribution in [0.4, 0.5) is 0 Å². The van der Waals surface area contributed by atoms with Gasteiger partial charge in [0, 0.05) is 6.42 Å². The molecule has 1 unspecified atom stereocenters. The number of hydrogen-bond donors (Lipinski definition) is 1. The fourth-order valence-electron chi connectivity index (χ4n) is 4.64. The maximum absolute atomic E-state index is 12.5. The highest BCUT2D eigenvalue weighted by molar-refractivity contribution is 5.72. The predicted molar refractivity (Wildman–Crippen MR) is 144 cm³/mol. The van der Waals surface area contributed by atoms with Gasteiger partial charge in [0.15, 0.2) is 0 Å². The number of ether oxygens (including phenoxy) is 1. The molecule has 0 fully saturated rings. The first kappa shape index (κ1) is 32.9. The minimum absolute atomic E-state index is 0.103. The average molecular weight is 483 g/mol. The number of hydrogen-bond acceptors (Lipinski definition) is 3. The highest BCUT2D eigenvalue weighted by Gasteiger charge is 2.19. The van der Waals surface area contributed by atoms with Gasteiger partial charge in [0.05, 0.1) is 12.5 Å². The number of carboxylic acid groups (broad SMARTS) is 1. The second kappa shape index (κ2) is 26.5. The number of esters is 1. The van der Waals surface area contributed by atoms with Crippen molar-refractivity contribution in [1.82, 2.24) is 0 Å². The number of aliphatic carboxylic acids is 1. The lowest BCUT2D eigenvalue weighted by Gasteiger charge is -2.16. The maximum atomic E-state index is 12.5. The first-order valence-electron chi connectivity index (χ1n) is 15.0. The van der Waals surface area contributed by atoms with E-state index in [1.165, 1.54) is 103 Å². The lowest BCUT2D eigenvalue weighted by atomic mass is 9.95. The molecular formula is C30H58O4. The molecule has 0 aliphatic rings. The van der Waals surface area contributed by atoms with Crippen LogP contribution in [0.1, 0.15) is 168 Å². The zero-order valence-electron chi connectivity index (χ0n) is 22.9. The van der Waals surface area contributed by atoms with Crippen molar-refractivity contribution in [3.8, 4) is 0 Å². The van der Waals surface area contributed by atoms with E-state index in [1.807, 2.05) is 0 Å². The summed E-state index contributed by atoms with van der Waals surface area (Å²) < 4.78 is 5.55. The Morgan fingerprint density at radius 2 is 0.941 bits per heavy atom. The third-order valence-corrected chi connectivity index (χ3v) is 6.92. The molecule has 34 heavy (non-hydrogen) atoms. The van der Waals surface area contributed by atoms with Gasteiger partial charge in [-0.2, -0.15) is 0 Å². The van der Waals surface area contributed by atoms with Crippen molar-refractivity contribution in [2.24, 2.45) is 5.92 Å². The van der Waals surface area contributed by atoms with Gasteiger partial charge in [-0.25, -0.2) is 0 Å². The molecule has 0 radical (unpaired) electrons. The Bertz CT molecular complexity index is 449.